The first-order chi connectivity index (χ1) is 5.52. The lowest BCUT2D eigenvalue weighted by Crippen LogP contribution is -2.33. The highest BCUT2D eigenvalue weighted by molar-refractivity contribution is 7.90. The molecule has 0 fully saturated rings. The summed E-state index contributed by atoms with van der Waals surface area (Å²) in [6, 6.07) is 0. The molecule has 0 heterocycles. The molecule has 5 nitrogen and oxygen atoms in total. The lowest BCUT2D eigenvalue weighted by atomic mass is 10.4. The minimum absolute atomic E-state index is 0.0245. The summed E-state index contributed by atoms with van der Waals surface area (Å²) < 4.78 is 23.8. The first kappa shape index (κ1) is 11.4. The molecule has 0 aromatic heterocycles. The molecule has 72 valence electrons. The van der Waals surface area contributed by atoms with Gasteiger partial charge in [-0.25, -0.2) is 8.42 Å². The zero-order chi connectivity index (χ0) is 9.61. The number of amides is 1. The maximum absolute atomic E-state index is 10.9. The first-order valence-electron chi connectivity index (χ1n) is 3.75. The van der Waals surface area contributed by atoms with Crippen molar-refractivity contribution in [2.45, 2.75) is 19.8 Å². The Hall–Kier alpha value is -0.620. The lowest BCUT2D eigenvalue weighted by molar-refractivity contribution is -0.119. The van der Waals surface area contributed by atoms with Crippen molar-refractivity contribution in [2.24, 2.45) is 5.73 Å². The molecule has 0 aliphatic heterocycles. The van der Waals surface area contributed by atoms with Crippen molar-refractivity contribution in [3.63, 3.8) is 0 Å². The molecule has 1 amide bonds. The van der Waals surface area contributed by atoms with Crippen LogP contribution >= 0.6 is 0 Å². The quantitative estimate of drug-likeness (QED) is 0.599. The smallest absolute Gasteiger partial charge is 0.234 e. The van der Waals surface area contributed by atoms with E-state index < -0.39 is 15.9 Å². The van der Waals surface area contributed by atoms with E-state index in [1.165, 1.54) is 0 Å². The second-order valence-electron chi connectivity index (χ2n) is 2.38. The van der Waals surface area contributed by atoms with Crippen LogP contribution in [0.5, 0.6) is 0 Å². The number of carbonyl (C=O) groups excluding carboxylic acids is 1. The van der Waals surface area contributed by atoms with Crippen LogP contribution in [-0.2, 0) is 14.8 Å². The molecule has 3 N–H and O–H groups in total. The molecule has 0 aromatic rings. The largest absolute Gasteiger partial charge is 0.330 e. The molecule has 0 aromatic carbocycles. The van der Waals surface area contributed by atoms with Crippen LogP contribution in [0.1, 0.15) is 19.8 Å². The van der Waals surface area contributed by atoms with Gasteiger partial charge in [0.15, 0.2) is 0 Å². The van der Waals surface area contributed by atoms with Crippen molar-refractivity contribution in [1.82, 2.24) is 4.72 Å². The van der Waals surface area contributed by atoms with E-state index in [0.29, 0.717) is 6.42 Å². The Morgan fingerprint density at radius 3 is 2.50 bits per heavy atom. The summed E-state index contributed by atoms with van der Waals surface area (Å²) >= 11 is 0. The van der Waals surface area contributed by atoms with Gasteiger partial charge in [-0.2, -0.15) is 0 Å². The SMILES string of the molecule is CCCS(=O)(=O)NC(=O)CCN. The standard InChI is InChI=1S/C6H14N2O3S/c1-2-5-12(10,11)8-6(9)3-4-7/h2-5,7H2,1H3,(H,8,9). The predicted octanol–water partition coefficient (Wildman–Crippen LogP) is -0.809. The third-order valence-electron chi connectivity index (χ3n) is 1.11. The van der Waals surface area contributed by atoms with Gasteiger partial charge < -0.3 is 5.73 Å². The zero-order valence-corrected chi connectivity index (χ0v) is 7.86. The minimum atomic E-state index is -3.41. The van der Waals surface area contributed by atoms with Crippen LogP contribution in [0, 0.1) is 0 Å². The van der Waals surface area contributed by atoms with Gasteiger partial charge in [0.2, 0.25) is 15.9 Å². The van der Waals surface area contributed by atoms with Gasteiger partial charge in [0.05, 0.1) is 5.75 Å². The van der Waals surface area contributed by atoms with E-state index in [-0.39, 0.29) is 18.7 Å². The summed E-state index contributed by atoms with van der Waals surface area (Å²) in [6.45, 7) is 1.89. The van der Waals surface area contributed by atoms with Gasteiger partial charge in [0.1, 0.15) is 0 Å². The molecule has 0 bridgehead atoms. The molecule has 0 unspecified atom stereocenters. The number of hydrogen-bond donors (Lipinski definition) is 2. The molecule has 0 rings (SSSR count). The number of nitrogens with one attached hydrogen (secondary N) is 1. The fraction of sp³-hybridized carbons (Fsp3) is 0.833. The van der Waals surface area contributed by atoms with E-state index in [9.17, 15) is 13.2 Å². The molecule has 0 atom stereocenters. The van der Waals surface area contributed by atoms with E-state index >= 15 is 0 Å². The fourth-order valence-electron chi connectivity index (χ4n) is 0.675. The van der Waals surface area contributed by atoms with Crippen LogP contribution in [-0.4, -0.2) is 26.6 Å². The van der Waals surface area contributed by atoms with Crippen LogP contribution in [0.3, 0.4) is 0 Å². The van der Waals surface area contributed by atoms with Gasteiger partial charge in [-0.1, -0.05) is 6.92 Å². The third kappa shape index (κ3) is 5.09. The Morgan fingerprint density at radius 2 is 2.08 bits per heavy atom. The first-order valence-corrected chi connectivity index (χ1v) is 5.40. The monoisotopic (exact) mass is 194 g/mol. The van der Waals surface area contributed by atoms with E-state index in [1.54, 1.807) is 6.92 Å². The Labute approximate surface area is 72.4 Å². The van der Waals surface area contributed by atoms with Crippen molar-refractivity contribution in [3.05, 3.63) is 0 Å². The normalized spacial score (nSPS) is 11.2. The van der Waals surface area contributed by atoms with E-state index in [4.69, 9.17) is 5.73 Å². The van der Waals surface area contributed by atoms with Crippen molar-refractivity contribution in [3.8, 4) is 0 Å². The fourth-order valence-corrected chi connectivity index (χ4v) is 1.76. The summed E-state index contributed by atoms with van der Waals surface area (Å²) in [6.07, 6.45) is 0.536. The molecular weight excluding hydrogens is 180 g/mol. The van der Waals surface area contributed by atoms with Gasteiger partial charge >= 0.3 is 0 Å². The van der Waals surface area contributed by atoms with Crippen LogP contribution in [0.4, 0.5) is 0 Å². The van der Waals surface area contributed by atoms with Crippen LogP contribution in [0.25, 0.3) is 0 Å². The summed E-state index contributed by atoms with van der Waals surface area (Å²) in [7, 11) is -3.41. The highest BCUT2D eigenvalue weighted by Crippen LogP contribution is 1.89. The average molecular weight is 194 g/mol. The molecule has 0 spiro atoms. The lowest BCUT2D eigenvalue weighted by Gasteiger charge is -2.03. The van der Waals surface area contributed by atoms with Gasteiger partial charge in [-0.3, -0.25) is 9.52 Å². The maximum atomic E-state index is 10.9. The van der Waals surface area contributed by atoms with E-state index in [0.717, 1.165) is 0 Å². The second kappa shape index (κ2) is 5.10. The number of sulfonamides is 1. The maximum Gasteiger partial charge on any atom is 0.234 e. The van der Waals surface area contributed by atoms with Crippen LogP contribution in [0.15, 0.2) is 0 Å². The number of hydrogen-bond acceptors (Lipinski definition) is 4. The number of nitrogens with two attached hydrogens (primary N) is 1. The van der Waals surface area contributed by atoms with Crippen molar-refractivity contribution >= 4 is 15.9 Å². The molecule has 6 heteroatoms. The molecule has 12 heavy (non-hydrogen) atoms. The van der Waals surface area contributed by atoms with E-state index in [2.05, 4.69) is 0 Å². The average Bonchev–Trinajstić information content (AvgIpc) is 1.85. The molecule has 0 aliphatic carbocycles. The summed E-state index contributed by atoms with van der Waals surface area (Å²) in [5.41, 5.74) is 5.07. The zero-order valence-electron chi connectivity index (χ0n) is 7.04. The Kier molecular flexibility index (Phi) is 4.84. The van der Waals surface area contributed by atoms with Crippen molar-refractivity contribution < 1.29 is 13.2 Å². The Bertz CT molecular complexity index is 235. The van der Waals surface area contributed by atoms with E-state index in [1.807, 2.05) is 4.72 Å². The highest BCUT2D eigenvalue weighted by Gasteiger charge is 2.11. The van der Waals surface area contributed by atoms with Crippen molar-refractivity contribution in [2.75, 3.05) is 12.3 Å². The van der Waals surface area contributed by atoms with Gasteiger partial charge in [0, 0.05) is 13.0 Å². The molecule has 0 saturated heterocycles. The Balaban J connectivity index is 3.98. The number of rotatable bonds is 5. The summed E-state index contributed by atoms with van der Waals surface area (Å²) in [4.78, 5) is 10.8. The van der Waals surface area contributed by atoms with Crippen LogP contribution < -0.4 is 10.5 Å². The summed E-state index contributed by atoms with van der Waals surface area (Å²) in [5.74, 6) is -0.561. The topological polar surface area (TPSA) is 89.3 Å². The van der Waals surface area contributed by atoms with Crippen LogP contribution in [0.2, 0.25) is 0 Å². The molecule has 0 saturated carbocycles. The van der Waals surface area contributed by atoms with Gasteiger partial charge in [-0.15, -0.1) is 0 Å². The second-order valence-corrected chi connectivity index (χ2v) is 4.22. The number of carbonyl (C=O) groups is 1. The van der Waals surface area contributed by atoms with Gasteiger partial charge in [-0.05, 0) is 6.42 Å². The third-order valence-corrected chi connectivity index (χ3v) is 2.60. The molecule has 0 radical (unpaired) electrons. The molecule has 0 aliphatic rings. The highest BCUT2D eigenvalue weighted by atomic mass is 32.2. The summed E-state index contributed by atoms with van der Waals surface area (Å²) in [5, 5.41) is 0. The Morgan fingerprint density at radius 1 is 1.50 bits per heavy atom. The van der Waals surface area contributed by atoms with Gasteiger partial charge in [0.25, 0.3) is 0 Å². The minimum Gasteiger partial charge on any atom is -0.330 e. The van der Waals surface area contributed by atoms with Crippen molar-refractivity contribution in [1.29, 1.82) is 0 Å². The molecular formula is C6H14N2O3S. The predicted molar refractivity (Wildman–Crippen MR) is 45.9 cm³/mol.